The molecule has 7 nitrogen and oxygen atoms in total. The maximum Gasteiger partial charge on any atom is 0.391 e. The van der Waals surface area contributed by atoms with Gasteiger partial charge < -0.3 is 9.42 Å². The van der Waals surface area contributed by atoms with E-state index in [0.29, 0.717) is 24.6 Å². The number of hydrogen-bond donors (Lipinski definition) is 2. The fourth-order valence-electron chi connectivity index (χ4n) is 2.04. The lowest BCUT2D eigenvalue weighted by atomic mass is 10.3. The molecule has 0 aliphatic heterocycles. The minimum Gasteiger partial charge on any atom is -0.422 e. The summed E-state index contributed by atoms with van der Waals surface area (Å²) in [5.74, 6) is 0.0230. The van der Waals surface area contributed by atoms with Gasteiger partial charge >= 0.3 is 7.60 Å². The van der Waals surface area contributed by atoms with Gasteiger partial charge in [0.2, 0.25) is 0 Å². The van der Waals surface area contributed by atoms with Crippen molar-refractivity contribution in [2.45, 2.75) is 4.21 Å². The van der Waals surface area contributed by atoms with E-state index in [2.05, 4.69) is 25.6 Å². The van der Waals surface area contributed by atoms with Gasteiger partial charge in [-0.1, -0.05) is 23.2 Å². The Kier molecular flexibility index (Phi) is 6.20. The number of fused-ring (bicyclic) bond motifs is 1. The zero-order chi connectivity index (χ0) is 19.8. The molecule has 144 valence electrons. The summed E-state index contributed by atoms with van der Waals surface area (Å²) < 4.78 is 45.1. The third kappa shape index (κ3) is 5.02. The summed E-state index contributed by atoms with van der Waals surface area (Å²) >= 11 is 16.2. The van der Waals surface area contributed by atoms with Gasteiger partial charge in [-0.05, 0) is 40.2 Å². The van der Waals surface area contributed by atoms with Crippen LogP contribution in [0.3, 0.4) is 0 Å². The van der Waals surface area contributed by atoms with E-state index in [1.807, 2.05) is 0 Å². The first kappa shape index (κ1) is 21.0. The SMILES string of the molecule is O=P(O)(CNS(=O)(=O)c1cc2c(Cl)ccc(Cl)c2s1)Oc1cncc(Br)c1. The second-order valence-electron chi connectivity index (χ2n) is 5.21. The predicted molar refractivity (Wildman–Crippen MR) is 109 cm³/mol. The summed E-state index contributed by atoms with van der Waals surface area (Å²) in [6.45, 7) is 0. The molecular formula is C14H10BrCl2N2O5PS2. The normalized spacial score (nSPS) is 14.2. The van der Waals surface area contributed by atoms with Crippen molar-refractivity contribution < 1.29 is 22.4 Å². The largest absolute Gasteiger partial charge is 0.422 e. The Balaban J connectivity index is 1.79. The molecule has 0 bridgehead atoms. The van der Waals surface area contributed by atoms with Crippen molar-refractivity contribution in [3.05, 3.63) is 51.2 Å². The molecule has 0 radical (unpaired) electrons. The zero-order valence-electron chi connectivity index (χ0n) is 13.1. The lowest BCUT2D eigenvalue weighted by Crippen LogP contribution is -2.25. The molecule has 1 aromatic carbocycles. The van der Waals surface area contributed by atoms with E-state index in [0.717, 1.165) is 11.3 Å². The summed E-state index contributed by atoms with van der Waals surface area (Å²) in [6.07, 6.45) is 1.88. The van der Waals surface area contributed by atoms with E-state index in [1.165, 1.54) is 24.5 Å². The minimum atomic E-state index is -4.30. The van der Waals surface area contributed by atoms with Crippen LogP contribution in [0.2, 0.25) is 10.0 Å². The van der Waals surface area contributed by atoms with Gasteiger partial charge in [0.25, 0.3) is 10.0 Å². The number of halogens is 3. The number of hydrogen-bond acceptors (Lipinski definition) is 6. The third-order valence-corrected chi connectivity index (χ3v) is 8.71. The molecule has 0 fully saturated rings. The molecule has 1 atom stereocenters. The van der Waals surface area contributed by atoms with Crippen LogP contribution in [0.4, 0.5) is 0 Å². The molecule has 0 aliphatic rings. The maximum atomic E-state index is 12.5. The molecule has 0 amide bonds. The highest BCUT2D eigenvalue weighted by Crippen LogP contribution is 2.43. The van der Waals surface area contributed by atoms with Crippen LogP contribution in [0.5, 0.6) is 5.75 Å². The molecular weight excluding hydrogens is 522 g/mol. The topological polar surface area (TPSA) is 106 Å². The monoisotopic (exact) mass is 530 g/mol. The average Bonchev–Trinajstić information content (AvgIpc) is 3.04. The third-order valence-electron chi connectivity index (χ3n) is 3.21. The minimum absolute atomic E-state index is 0.0230. The summed E-state index contributed by atoms with van der Waals surface area (Å²) in [5, 5.41) is 1.20. The second kappa shape index (κ2) is 7.96. The molecule has 2 heterocycles. The van der Waals surface area contributed by atoms with E-state index < -0.39 is 23.9 Å². The molecule has 1 unspecified atom stereocenters. The van der Waals surface area contributed by atoms with Gasteiger partial charge in [0.1, 0.15) is 16.2 Å². The molecule has 0 saturated heterocycles. The Hall–Kier alpha value is -0.710. The van der Waals surface area contributed by atoms with Crippen molar-refractivity contribution in [1.82, 2.24) is 9.71 Å². The number of nitrogens with one attached hydrogen (secondary N) is 1. The zero-order valence-corrected chi connectivity index (χ0v) is 18.7. The van der Waals surface area contributed by atoms with Crippen molar-refractivity contribution in [2.24, 2.45) is 0 Å². The van der Waals surface area contributed by atoms with Crippen molar-refractivity contribution in [1.29, 1.82) is 0 Å². The number of aromatic nitrogens is 1. The lowest BCUT2D eigenvalue weighted by Gasteiger charge is -2.13. The molecule has 0 spiro atoms. The Labute approximate surface area is 177 Å². The van der Waals surface area contributed by atoms with Gasteiger partial charge in [-0.3, -0.25) is 4.98 Å². The first-order valence-electron chi connectivity index (χ1n) is 7.06. The Morgan fingerprint density at radius 3 is 2.63 bits per heavy atom. The number of nitrogens with zero attached hydrogens (tertiary/aromatic N) is 1. The van der Waals surface area contributed by atoms with Gasteiger partial charge in [-0.2, -0.15) is 4.72 Å². The van der Waals surface area contributed by atoms with Gasteiger partial charge in [-0.15, -0.1) is 11.3 Å². The van der Waals surface area contributed by atoms with Crippen LogP contribution in [0.25, 0.3) is 10.1 Å². The molecule has 13 heteroatoms. The van der Waals surface area contributed by atoms with Crippen molar-refractivity contribution in [2.75, 3.05) is 6.29 Å². The van der Waals surface area contributed by atoms with Gasteiger partial charge in [-0.25, -0.2) is 13.0 Å². The van der Waals surface area contributed by atoms with Gasteiger partial charge in [0.05, 0.1) is 15.9 Å². The molecule has 0 saturated carbocycles. The fraction of sp³-hybridized carbons (Fsp3) is 0.0714. The molecule has 3 aromatic rings. The fourth-order valence-corrected chi connectivity index (χ4v) is 6.87. The standard InChI is InChI=1S/C14H10BrCl2N2O5PS2/c15-8-3-9(6-18-5-8)24-25(20,21)7-19-27(22,23)13-4-10-11(16)1-2-12(17)14(10)26-13/h1-6,19H,7H2,(H,20,21). The van der Waals surface area contributed by atoms with Crippen molar-refractivity contribution >= 4 is 78.2 Å². The van der Waals surface area contributed by atoms with Crippen LogP contribution >= 0.6 is 58.1 Å². The van der Waals surface area contributed by atoms with E-state index in [-0.39, 0.29) is 9.96 Å². The van der Waals surface area contributed by atoms with Crippen LogP contribution in [0.15, 0.2) is 45.3 Å². The highest BCUT2D eigenvalue weighted by molar-refractivity contribution is 9.10. The van der Waals surface area contributed by atoms with Crippen molar-refractivity contribution in [3.8, 4) is 5.75 Å². The second-order valence-corrected chi connectivity index (χ2v) is 11.8. The molecule has 3 rings (SSSR count). The molecule has 2 N–H and O–H groups in total. The number of benzene rings is 1. The van der Waals surface area contributed by atoms with E-state index >= 15 is 0 Å². The highest BCUT2D eigenvalue weighted by atomic mass is 79.9. The number of rotatable bonds is 6. The highest BCUT2D eigenvalue weighted by Gasteiger charge is 2.27. The maximum absolute atomic E-state index is 12.5. The molecule has 27 heavy (non-hydrogen) atoms. The van der Waals surface area contributed by atoms with Gasteiger partial charge in [0.15, 0.2) is 0 Å². The molecule has 2 aromatic heterocycles. The first-order chi connectivity index (χ1) is 12.6. The van der Waals surface area contributed by atoms with Crippen LogP contribution in [-0.4, -0.2) is 24.6 Å². The van der Waals surface area contributed by atoms with Crippen LogP contribution in [0, 0.1) is 0 Å². The van der Waals surface area contributed by atoms with Gasteiger partial charge in [0, 0.05) is 21.1 Å². The Morgan fingerprint density at radius 2 is 1.96 bits per heavy atom. The summed E-state index contributed by atoms with van der Waals surface area (Å²) in [4.78, 5) is 13.7. The van der Waals surface area contributed by atoms with Crippen LogP contribution < -0.4 is 9.25 Å². The summed E-state index contributed by atoms with van der Waals surface area (Å²) in [6, 6.07) is 5.91. The number of sulfonamides is 1. The number of pyridine rings is 1. The average molecular weight is 532 g/mol. The Bertz CT molecular complexity index is 1130. The Morgan fingerprint density at radius 1 is 1.26 bits per heavy atom. The summed E-state index contributed by atoms with van der Waals surface area (Å²) in [5.41, 5.74) is 0. The lowest BCUT2D eigenvalue weighted by molar-refractivity contribution is 0.377. The quantitative estimate of drug-likeness (QED) is 0.440. The summed E-state index contributed by atoms with van der Waals surface area (Å²) in [7, 11) is -8.38. The first-order valence-corrected chi connectivity index (χ1v) is 12.7. The van der Waals surface area contributed by atoms with E-state index in [1.54, 1.807) is 12.1 Å². The number of thiophene rings is 1. The van der Waals surface area contributed by atoms with Crippen LogP contribution in [-0.2, 0) is 14.6 Å². The van der Waals surface area contributed by atoms with Crippen molar-refractivity contribution in [3.63, 3.8) is 0 Å². The van der Waals surface area contributed by atoms with E-state index in [4.69, 9.17) is 27.7 Å². The molecule has 0 aliphatic carbocycles. The predicted octanol–water partition coefficient (Wildman–Crippen LogP) is 4.87. The smallest absolute Gasteiger partial charge is 0.391 e. The van der Waals surface area contributed by atoms with E-state index in [9.17, 15) is 17.9 Å². The van der Waals surface area contributed by atoms with Crippen LogP contribution in [0.1, 0.15) is 0 Å².